The van der Waals surface area contributed by atoms with Gasteiger partial charge < -0.3 is 25.1 Å². The molecule has 13 heteroatoms. The van der Waals surface area contributed by atoms with E-state index in [4.69, 9.17) is 4.42 Å². The number of aromatic nitrogens is 4. The minimum absolute atomic E-state index is 0.0771. The van der Waals surface area contributed by atoms with Crippen molar-refractivity contribution < 1.29 is 23.9 Å². The highest BCUT2D eigenvalue weighted by Gasteiger charge is 2.30. The predicted octanol–water partition coefficient (Wildman–Crippen LogP) is 2.42. The third-order valence-electron chi connectivity index (χ3n) is 6.47. The smallest absolute Gasteiger partial charge is 0.289 e. The minimum Gasteiger partial charge on any atom is -0.445 e. The van der Waals surface area contributed by atoms with Crippen LogP contribution in [0.5, 0.6) is 0 Å². The Kier molecular flexibility index (Phi) is 10.5. The van der Waals surface area contributed by atoms with E-state index in [0.29, 0.717) is 43.0 Å². The van der Waals surface area contributed by atoms with E-state index in [0.717, 1.165) is 17.7 Å². The number of aromatic amines is 1. The van der Waals surface area contributed by atoms with E-state index in [-0.39, 0.29) is 12.2 Å². The maximum atomic E-state index is 13.3. The zero-order valence-corrected chi connectivity index (χ0v) is 23.8. The van der Waals surface area contributed by atoms with Gasteiger partial charge in [0.15, 0.2) is 23.1 Å². The molecule has 0 aliphatic heterocycles. The van der Waals surface area contributed by atoms with Gasteiger partial charge in [-0.1, -0.05) is 56.3 Å². The molecule has 13 nitrogen and oxygen atoms in total. The molecule has 0 saturated heterocycles. The third kappa shape index (κ3) is 8.20. The summed E-state index contributed by atoms with van der Waals surface area (Å²) in [6.45, 7) is 4.78. The van der Waals surface area contributed by atoms with Crippen LogP contribution in [-0.2, 0) is 11.2 Å². The number of benzene rings is 2. The molecule has 43 heavy (non-hydrogen) atoms. The molecule has 0 aliphatic carbocycles. The molecule has 0 bridgehead atoms. The summed E-state index contributed by atoms with van der Waals surface area (Å²) < 4.78 is 5.59. The fourth-order valence-corrected chi connectivity index (χ4v) is 4.47. The van der Waals surface area contributed by atoms with E-state index >= 15 is 0 Å². The van der Waals surface area contributed by atoms with E-state index in [1.807, 2.05) is 19.9 Å². The van der Waals surface area contributed by atoms with E-state index in [2.05, 4.69) is 31.3 Å². The first-order valence-electron chi connectivity index (χ1n) is 13.9. The van der Waals surface area contributed by atoms with Gasteiger partial charge in [-0.3, -0.25) is 19.2 Å². The normalized spacial score (nSPS) is 12.3. The number of H-pyrrole nitrogens is 1. The Morgan fingerprint density at radius 1 is 0.977 bits per heavy atom. The van der Waals surface area contributed by atoms with Crippen molar-refractivity contribution in [3.05, 3.63) is 94.0 Å². The Balaban J connectivity index is 1.56. The van der Waals surface area contributed by atoms with Crippen molar-refractivity contribution >= 4 is 23.4 Å². The predicted molar refractivity (Wildman–Crippen MR) is 157 cm³/mol. The number of tetrazole rings is 1. The first-order chi connectivity index (χ1) is 20.8. The van der Waals surface area contributed by atoms with Crippen LogP contribution in [0.1, 0.15) is 53.4 Å². The summed E-state index contributed by atoms with van der Waals surface area (Å²) in [5.74, 6) is -2.51. The SMILES string of the molecule is CCCN(CCC)C(=O)c1cc(=O)cc(C(=O)N[C@@H](Cc2ccccc2)[C@@H](O)C(=O)Nc2cccc(-c3nn[nH]n3)c2)o1. The van der Waals surface area contributed by atoms with Gasteiger partial charge in [0.05, 0.1) is 6.04 Å². The molecule has 4 aromatic rings. The molecule has 224 valence electrons. The summed E-state index contributed by atoms with van der Waals surface area (Å²) in [5.41, 5.74) is 1.08. The molecule has 2 heterocycles. The molecule has 0 radical (unpaired) electrons. The summed E-state index contributed by atoms with van der Waals surface area (Å²) in [4.78, 5) is 53.5. The van der Waals surface area contributed by atoms with Crippen molar-refractivity contribution in [1.29, 1.82) is 0 Å². The molecule has 0 unspecified atom stereocenters. The monoisotopic (exact) mass is 587 g/mol. The van der Waals surface area contributed by atoms with Crippen molar-refractivity contribution in [3.8, 4) is 11.4 Å². The molecular formula is C30H33N7O6. The van der Waals surface area contributed by atoms with E-state index in [1.54, 1.807) is 53.4 Å². The Bertz CT molecular complexity index is 1580. The molecule has 0 spiro atoms. The van der Waals surface area contributed by atoms with Gasteiger partial charge in [0.2, 0.25) is 5.82 Å². The lowest BCUT2D eigenvalue weighted by molar-refractivity contribution is -0.125. The van der Waals surface area contributed by atoms with Crippen molar-refractivity contribution in [1.82, 2.24) is 30.8 Å². The average molecular weight is 588 g/mol. The number of rotatable bonds is 13. The van der Waals surface area contributed by atoms with Crippen molar-refractivity contribution in [2.45, 2.75) is 45.3 Å². The summed E-state index contributed by atoms with van der Waals surface area (Å²) in [5, 5.41) is 30.1. The molecule has 2 aromatic heterocycles. The number of nitrogens with zero attached hydrogens (tertiary/aromatic N) is 4. The number of anilines is 1. The van der Waals surface area contributed by atoms with Crippen LogP contribution in [0, 0.1) is 0 Å². The molecule has 4 rings (SSSR count). The van der Waals surface area contributed by atoms with Gasteiger partial charge in [-0.05, 0) is 42.2 Å². The number of aliphatic hydroxyl groups is 1. The second kappa shape index (κ2) is 14.6. The second-order valence-electron chi connectivity index (χ2n) is 9.83. The second-order valence-corrected chi connectivity index (χ2v) is 9.83. The first kappa shape index (κ1) is 30.8. The number of carbonyl (C=O) groups is 3. The van der Waals surface area contributed by atoms with Crippen LogP contribution >= 0.6 is 0 Å². The number of aliphatic hydroxyl groups excluding tert-OH is 1. The van der Waals surface area contributed by atoms with E-state index in [1.165, 1.54) is 0 Å². The number of hydrogen-bond donors (Lipinski definition) is 4. The first-order valence-corrected chi connectivity index (χ1v) is 13.9. The van der Waals surface area contributed by atoms with Gasteiger partial charge in [0, 0.05) is 36.5 Å². The van der Waals surface area contributed by atoms with Crippen molar-refractivity contribution in [3.63, 3.8) is 0 Å². The number of nitrogens with one attached hydrogen (secondary N) is 3. The Hall–Kier alpha value is -5.17. The van der Waals surface area contributed by atoms with Gasteiger partial charge >= 0.3 is 0 Å². The fourth-order valence-electron chi connectivity index (χ4n) is 4.47. The van der Waals surface area contributed by atoms with Crippen molar-refractivity contribution in [2.24, 2.45) is 0 Å². The lowest BCUT2D eigenvalue weighted by Crippen LogP contribution is -2.50. The summed E-state index contributed by atoms with van der Waals surface area (Å²) in [6.07, 6.45) is -0.218. The molecule has 2 aromatic carbocycles. The van der Waals surface area contributed by atoms with Gasteiger partial charge in [-0.2, -0.15) is 5.21 Å². The zero-order valence-electron chi connectivity index (χ0n) is 23.8. The zero-order chi connectivity index (χ0) is 30.8. The van der Waals surface area contributed by atoms with Crippen LogP contribution < -0.4 is 16.1 Å². The molecule has 0 fully saturated rings. The molecule has 2 atom stereocenters. The van der Waals surface area contributed by atoms with Gasteiger partial charge in [-0.15, -0.1) is 10.2 Å². The van der Waals surface area contributed by atoms with Crippen LogP contribution in [0.3, 0.4) is 0 Å². The topological polar surface area (TPSA) is 183 Å². The van der Waals surface area contributed by atoms with Gasteiger partial charge in [0.25, 0.3) is 17.7 Å². The van der Waals surface area contributed by atoms with Crippen LogP contribution in [-0.4, -0.2) is 73.6 Å². The van der Waals surface area contributed by atoms with Gasteiger partial charge in [0.1, 0.15) is 0 Å². The van der Waals surface area contributed by atoms with Crippen LogP contribution in [0.15, 0.2) is 75.9 Å². The molecule has 3 amide bonds. The summed E-state index contributed by atoms with van der Waals surface area (Å²) >= 11 is 0. The molecular weight excluding hydrogens is 554 g/mol. The van der Waals surface area contributed by atoms with Crippen LogP contribution in [0.25, 0.3) is 11.4 Å². The van der Waals surface area contributed by atoms with Gasteiger partial charge in [-0.25, -0.2) is 0 Å². The maximum absolute atomic E-state index is 13.3. The standard InChI is InChI=1S/C30H33N7O6/c1-3-13-37(14-4-2)30(42)25-18-22(38)17-24(43-25)28(40)32-23(15-19-9-6-5-7-10-19)26(39)29(41)31-21-12-8-11-20(16-21)27-33-35-36-34-27/h5-12,16-18,23,26,39H,3-4,13-15H2,1-2H3,(H,31,41)(H,32,40)(H,33,34,35,36)/t23-,26+/m0/s1. The summed E-state index contributed by atoms with van der Waals surface area (Å²) in [7, 11) is 0. The maximum Gasteiger partial charge on any atom is 0.289 e. The highest BCUT2D eigenvalue weighted by molar-refractivity contribution is 5.97. The minimum atomic E-state index is -1.71. The van der Waals surface area contributed by atoms with Crippen molar-refractivity contribution in [2.75, 3.05) is 18.4 Å². The number of hydrogen-bond acceptors (Lipinski definition) is 9. The summed E-state index contributed by atoms with van der Waals surface area (Å²) in [6, 6.07) is 16.5. The highest BCUT2D eigenvalue weighted by atomic mass is 16.4. The van der Waals surface area contributed by atoms with E-state index < -0.39 is 41.1 Å². The lowest BCUT2D eigenvalue weighted by atomic mass is 10.00. The fraction of sp³-hybridized carbons (Fsp3) is 0.300. The van der Waals surface area contributed by atoms with Crippen LogP contribution in [0.4, 0.5) is 5.69 Å². The Morgan fingerprint density at radius 2 is 1.70 bits per heavy atom. The molecule has 4 N–H and O–H groups in total. The molecule has 0 saturated carbocycles. The third-order valence-corrected chi connectivity index (χ3v) is 6.47. The Morgan fingerprint density at radius 3 is 2.37 bits per heavy atom. The van der Waals surface area contributed by atoms with Crippen LogP contribution in [0.2, 0.25) is 0 Å². The average Bonchev–Trinajstić information content (AvgIpc) is 3.55. The number of carbonyl (C=O) groups excluding carboxylic acids is 3. The largest absolute Gasteiger partial charge is 0.445 e. The quantitative estimate of drug-likeness (QED) is 0.182. The highest BCUT2D eigenvalue weighted by Crippen LogP contribution is 2.19. The number of amides is 3. The Labute approximate surface area is 247 Å². The molecule has 0 aliphatic rings. The lowest BCUT2D eigenvalue weighted by Gasteiger charge is -2.24. The van der Waals surface area contributed by atoms with E-state index in [9.17, 15) is 24.3 Å².